The molecule has 0 aliphatic carbocycles. The zero-order valence-electron chi connectivity index (χ0n) is 9.47. The zero-order chi connectivity index (χ0) is 13.6. The Labute approximate surface area is 116 Å². The fraction of sp³-hybridized carbons (Fsp3) is 0.455. The molecule has 0 bridgehead atoms. The van der Waals surface area contributed by atoms with Crippen molar-refractivity contribution in [3.63, 3.8) is 0 Å². The van der Waals surface area contributed by atoms with E-state index in [1.807, 2.05) is 12.1 Å². The number of hydrogen-bond acceptors (Lipinski definition) is 3. The van der Waals surface area contributed by atoms with Crippen LogP contribution in [0.5, 0.6) is 5.75 Å². The Morgan fingerprint density at radius 2 is 2.06 bits per heavy atom. The van der Waals surface area contributed by atoms with Crippen molar-refractivity contribution in [2.45, 2.75) is 11.9 Å². The van der Waals surface area contributed by atoms with Crippen LogP contribution in [0, 0.1) is 0 Å². The number of halogens is 4. The highest BCUT2D eigenvalue weighted by atomic mass is 79.9. The zero-order valence-corrected chi connectivity index (χ0v) is 11.9. The van der Waals surface area contributed by atoms with Crippen LogP contribution in [0.3, 0.4) is 0 Å². The minimum absolute atomic E-state index is 0.00433. The van der Waals surface area contributed by atoms with E-state index in [1.54, 1.807) is 6.07 Å². The lowest BCUT2D eigenvalue weighted by Gasteiger charge is -2.13. The van der Waals surface area contributed by atoms with Gasteiger partial charge < -0.3 is 10.5 Å². The van der Waals surface area contributed by atoms with Crippen molar-refractivity contribution in [1.29, 1.82) is 0 Å². The monoisotopic (exact) mass is 343 g/mol. The van der Waals surface area contributed by atoms with Crippen molar-refractivity contribution in [3.05, 3.63) is 28.2 Å². The molecule has 0 aliphatic rings. The Morgan fingerprint density at radius 1 is 1.33 bits per heavy atom. The summed E-state index contributed by atoms with van der Waals surface area (Å²) < 4.78 is 41.9. The van der Waals surface area contributed by atoms with Crippen molar-refractivity contribution in [2.24, 2.45) is 5.73 Å². The van der Waals surface area contributed by atoms with Gasteiger partial charge in [0.05, 0.1) is 11.1 Å². The number of ether oxygens (including phenoxy) is 1. The molecule has 2 nitrogen and oxygen atoms in total. The summed E-state index contributed by atoms with van der Waals surface area (Å²) in [4.78, 5) is 0. The number of thioether (sulfide) groups is 1. The van der Waals surface area contributed by atoms with Crippen molar-refractivity contribution in [1.82, 2.24) is 0 Å². The second kappa shape index (κ2) is 7.25. The third kappa shape index (κ3) is 5.49. The van der Waals surface area contributed by atoms with Crippen LogP contribution < -0.4 is 10.5 Å². The van der Waals surface area contributed by atoms with Crippen LogP contribution >= 0.6 is 27.7 Å². The van der Waals surface area contributed by atoms with Crippen LogP contribution in [0.2, 0.25) is 0 Å². The minimum atomic E-state index is -4.21. The van der Waals surface area contributed by atoms with Gasteiger partial charge in [0.1, 0.15) is 5.75 Å². The Bertz CT molecular complexity index is 387. The highest BCUT2D eigenvalue weighted by Crippen LogP contribution is 2.32. The van der Waals surface area contributed by atoms with E-state index in [1.165, 1.54) is 0 Å². The maximum Gasteiger partial charge on any atom is 0.441 e. The molecular formula is C11H13BrF3NOS. The molecule has 0 aromatic heterocycles. The van der Waals surface area contributed by atoms with Gasteiger partial charge in [0.15, 0.2) is 0 Å². The lowest BCUT2D eigenvalue weighted by atomic mass is 10.1. The van der Waals surface area contributed by atoms with Crippen LogP contribution in [-0.4, -0.2) is 24.4 Å². The molecule has 0 fully saturated rings. The molecule has 0 aliphatic heterocycles. The molecule has 1 rings (SSSR count). The molecule has 0 saturated heterocycles. The topological polar surface area (TPSA) is 35.2 Å². The van der Waals surface area contributed by atoms with Gasteiger partial charge in [-0.05, 0) is 52.3 Å². The number of rotatable bonds is 6. The van der Waals surface area contributed by atoms with Gasteiger partial charge >= 0.3 is 5.51 Å². The van der Waals surface area contributed by atoms with Crippen molar-refractivity contribution < 1.29 is 17.9 Å². The second-order valence-corrected chi connectivity index (χ2v) is 5.42. The lowest BCUT2D eigenvalue weighted by molar-refractivity contribution is -0.0329. The standard InChI is InChI=1S/C11H13BrF3NOS/c12-9-3-1-2-8(4-5-16)10(9)17-6-7-18-11(13,14)15/h1-3H,4-7,16H2. The average molecular weight is 344 g/mol. The first-order valence-corrected chi connectivity index (χ1v) is 7.03. The average Bonchev–Trinajstić information content (AvgIpc) is 2.26. The molecule has 0 radical (unpaired) electrons. The maximum absolute atomic E-state index is 11.9. The lowest BCUT2D eigenvalue weighted by Crippen LogP contribution is -2.10. The van der Waals surface area contributed by atoms with Gasteiger partial charge in [-0.3, -0.25) is 0 Å². The van der Waals surface area contributed by atoms with Crippen LogP contribution in [-0.2, 0) is 6.42 Å². The molecule has 0 unspecified atom stereocenters. The molecular weight excluding hydrogens is 331 g/mol. The van der Waals surface area contributed by atoms with Gasteiger partial charge in [-0.2, -0.15) is 13.2 Å². The van der Waals surface area contributed by atoms with E-state index in [-0.39, 0.29) is 24.1 Å². The highest BCUT2D eigenvalue weighted by Gasteiger charge is 2.27. The number of alkyl halides is 3. The van der Waals surface area contributed by atoms with Gasteiger partial charge in [-0.15, -0.1) is 0 Å². The third-order valence-electron chi connectivity index (χ3n) is 2.06. The first-order valence-electron chi connectivity index (χ1n) is 5.25. The predicted octanol–water partition coefficient (Wildman–Crippen LogP) is 3.58. The number of benzene rings is 1. The van der Waals surface area contributed by atoms with Crippen LogP contribution in [0.4, 0.5) is 13.2 Å². The SMILES string of the molecule is NCCc1cccc(Br)c1OCCSC(F)(F)F. The molecule has 2 N–H and O–H groups in total. The summed E-state index contributed by atoms with van der Waals surface area (Å²) in [6.45, 7) is 0.467. The Kier molecular flexibility index (Phi) is 6.31. The van der Waals surface area contributed by atoms with E-state index in [0.29, 0.717) is 18.7 Å². The number of nitrogens with two attached hydrogens (primary N) is 1. The second-order valence-electron chi connectivity index (χ2n) is 3.41. The summed E-state index contributed by atoms with van der Waals surface area (Å²) in [5.74, 6) is 0.443. The van der Waals surface area contributed by atoms with E-state index < -0.39 is 5.51 Å². The van der Waals surface area contributed by atoms with Crippen LogP contribution in [0.1, 0.15) is 5.56 Å². The van der Waals surface area contributed by atoms with Crippen LogP contribution in [0.25, 0.3) is 0 Å². The largest absolute Gasteiger partial charge is 0.491 e. The molecule has 1 aromatic rings. The molecule has 18 heavy (non-hydrogen) atoms. The summed E-state index contributed by atoms with van der Waals surface area (Å²) in [5, 5.41) is 0. The van der Waals surface area contributed by atoms with Gasteiger partial charge in [0.25, 0.3) is 0 Å². The van der Waals surface area contributed by atoms with Gasteiger partial charge in [-0.1, -0.05) is 12.1 Å². The smallest absolute Gasteiger partial charge is 0.441 e. The Hall–Kier alpha value is -0.400. The minimum Gasteiger partial charge on any atom is -0.491 e. The highest BCUT2D eigenvalue weighted by molar-refractivity contribution is 9.10. The van der Waals surface area contributed by atoms with Gasteiger partial charge in [-0.25, -0.2) is 0 Å². The summed E-state index contributed by atoms with van der Waals surface area (Å²) in [6.07, 6.45) is 0.626. The number of para-hydroxylation sites is 1. The van der Waals surface area contributed by atoms with E-state index >= 15 is 0 Å². The predicted molar refractivity (Wildman–Crippen MR) is 70.9 cm³/mol. The fourth-order valence-corrected chi connectivity index (χ4v) is 2.29. The summed E-state index contributed by atoms with van der Waals surface area (Å²) in [5.41, 5.74) is 2.15. The summed E-state index contributed by atoms with van der Waals surface area (Å²) in [6, 6.07) is 5.47. The van der Waals surface area contributed by atoms with Crippen molar-refractivity contribution in [2.75, 3.05) is 18.9 Å². The Morgan fingerprint density at radius 3 is 2.67 bits per heavy atom. The molecule has 0 amide bonds. The third-order valence-corrected chi connectivity index (χ3v) is 3.38. The van der Waals surface area contributed by atoms with E-state index in [2.05, 4.69) is 15.9 Å². The number of hydrogen-bond donors (Lipinski definition) is 1. The Balaban J connectivity index is 2.55. The maximum atomic E-state index is 11.9. The van der Waals surface area contributed by atoms with E-state index in [4.69, 9.17) is 10.5 Å². The molecule has 0 atom stereocenters. The van der Waals surface area contributed by atoms with Crippen molar-refractivity contribution in [3.8, 4) is 5.75 Å². The van der Waals surface area contributed by atoms with Crippen molar-refractivity contribution >= 4 is 27.7 Å². The molecule has 102 valence electrons. The normalized spacial score (nSPS) is 11.6. The summed E-state index contributed by atoms with van der Waals surface area (Å²) in [7, 11) is 0. The molecule has 0 spiro atoms. The quantitative estimate of drug-likeness (QED) is 0.802. The molecule has 0 heterocycles. The molecule has 0 saturated carbocycles. The molecule has 1 aromatic carbocycles. The van der Waals surface area contributed by atoms with Gasteiger partial charge in [0, 0.05) is 5.75 Å². The van der Waals surface area contributed by atoms with Gasteiger partial charge in [0.2, 0.25) is 0 Å². The first kappa shape index (κ1) is 15.7. The molecule has 7 heteroatoms. The first-order chi connectivity index (χ1) is 8.44. The van der Waals surface area contributed by atoms with E-state index in [0.717, 1.165) is 10.0 Å². The fourth-order valence-electron chi connectivity index (χ4n) is 1.37. The summed E-state index contributed by atoms with van der Waals surface area (Å²) >= 11 is 3.23. The van der Waals surface area contributed by atoms with E-state index in [9.17, 15) is 13.2 Å². The van der Waals surface area contributed by atoms with Crippen LogP contribution in [0.15, 0.2) is 22.7 Å².